The smallest absolute Gasteiger partial charge is 0.277 e. The van der Waals surface area contributed by atoms with Crippen LogP contribution in [-0.4, -0.2) is 135 Å². The van der Waals surface area contributed by atoms with Crippen molar-refractivity contribution in [3.8, 4) is 23.0 Å². The summed E-state index contributed by atoms with van der Waals surface area (Å²) in [5, 5.41) is 12.2. The third kappa shape index (κ3) is 12.8. The van der Waals surface area contributed by atoms with Gasteiger partial charge < -0.3 is 50.4 Å². The van der Waals surface area contributed by atoms with Gasteiger partial charge in [-0.15, -0.1) is 0 Å². The van der Waals surface area contributed by atoms with E-state index in [2.05, 4.69) is 26.6 Å². The Kier molecular flexibility index (Phi) is 17.2. The van der Waals surface area contributed by atoms with Crippen LogP contribution in [0, 0.1) is 0 Å². The molecular formula is C60H63N9O15S. The van der Waals surface area contributed by atoms with Crippen molar-refractivity contribution < 1.29 is 70.3 Å². The fraction of sp³-hybridized carbons (Fsp3) is 0.350. The van der Waals surface area contributed by atoms with Gasteiger partial charge in [-0.25, -0.2) is 0 Å². The first-order chi connectivity index (χ1) is 40.8. The molecule has 0 bridgehead atoms. The minimum Gasteiger partial charge on any atom is -0.493 e. The zero-order chi connectivity index (χ0) is 60.3. The predicted octanol–water partition coefficient (Wildman–Crippen LogP) is 4.79. The second kappa shape index (κ2) is 24.8. The number of unbranched alkanes of at least 4 members (excludes halogenated alkanes) is 1. The van der Waals surface area contributed by atoms with Crippen molar-refractivity contribution in [2.24, 2.45) is 4.99 Å². The third-order valence-corrected chi connectivity index (χ3v) is 16.5. The van der Waals surface area contributed by atoms with E-state index in [1.54, 1.807) is 47.5 Å². The monoisotopic (exact) mass is 1180 g/mol. The van der Waals surface area contributed by atoms with Crippen molar-refractivity contribution in [3.63, 3.8) is 0 Å². The molecule has 1 saturated heterocycles. The fourth-order valence-corrected chi connectivity index (χ4v) is 11.8. The average Bonchev–Trinajstić information content (AvgIpc) is 2.63. The molecule has 1 unspecified atom stereocenters. The van der Waals surface area contributed by atoms with E-state index in [0.717, 1.165) is 22.5 Å². The molecule has 0 aromatic heterocycles. The maximum atomic E-state index is 14.1. The first-order valence-corrected chi connectivity index (χ1v) is 29.2. The van der Waals surface area contributed by atoms with Crippen molar-refractivity contribution in [2.75, 3.05) is 54.3 Å². The van der Waals surface area contributed by atoms with E-state index in [1.807, 2.05) is 59.5 Å². The molecule has 8 amide bonds. The van der Waals surface area contributed by atoms with E-state index in [0.29, 0.717) is 86.6 Å². The lowest BCUT2D eigenvalue weighted by atomic mass is 10.1. The molecule has 85 heavy (non-hydrogen) atoms. The summed E-state index contributed by atoms with van der Waals surface area (Å²) in [4.78, 5) is 114. The van der Waals surface area contributed by atoms with Gasteiger partial charge in [-0.2, -0.15) is 8.42 Å². The molecule has 5 atom stereocenters. The minimum absolute atomic E-state index is 0.00605. The quantitative estimate of drug-likeness (QED) is 0.0308. The lowest BCUT2D eigenvalue weighted by molar-refractivity contribution is -0.138. The lowest BCUT2D eigenvalue weighted by Gasteiger charge is -2.22. The summed E-state index contributed by atoms with van der Waals surface area (Å²) in [6.07, 6.45) is 2.91. The Labute approximate surface area is 489 Å². The molecule has 5 heterocycles. The van der Waals surface area contributed by atoms with E-state index in [1.165, 1.54) is 28.1 Å². The number of imide groups is 1. The highest BCUT2D eigenvalue weighted by molar-refractivity contribution is 7.87. The van der Waals surface area contributed by atoms with Gasteiger partial charge in [0.15, 0.2) is 28.2 Å². The second-order valence-corrected chi connectivity index (χ2v) is 22.8. The average molecular weight is 1180 g/mol. The Bertz CT molecular complexity index is 3690. The van der Waals surface area contributed by atoms with E-state index in [4.69, 9.17) is 23.9 Å². The second-order valence-electron chi connectivity index (χ2n) is 21.2. The zero-order valence-electron chi connectivity index (χ0n) is 47.0. The molecule has 25 heteroatoms. The van der Waals surface area contributed by atoms with Crippen LogP contribution >= 0.6 is 0 Å². The van der Waals surface area contributed by atoms with Crippen LogP contribution in [0.2, 0.25) is 0 Å². The number of amides is 8. The van der Waals surface area contributed by atoms with Crippen LogP contribution in [0.3, 0.4) is 0 Å². The number of nitrogens with one attached hydrogen (secondary N) is 5. The molecule has 0 aliphatic carbocycles. The number of para-hydroxylation sites is 2. The highest BCUT2D eigenvalue weighted by Gasteiger charge is 2.46. The number of likely N-dealkylation sites (tertiary alicyclic amines) is 1. The van der Waals surface area contributed by atoms with Crippen molar-refractivity contribution in [2.45, 2.75) is 101 Å². The molecule has 5 aliphatic heterocycles. The van der Waals surface area contributed by atoms with Crippen molar-refractivity contribution in [3.05, 3.63) is 124 Å². The van der Waals surface area contributed by atoms with Crippen LogP contribution in [0.4, 0.5) is 28.4 Å². The van der Waals surface area contributed by atoms with Gasteiger partial charge in [-0.05, 0) is 97.8 Å². The van der Waals surface area contributed by atoms with Gasteiger partial charge in [0.1, 0.15) is 25.3 Å². The molecule has 10 rings (SSSR count). The number of fused-ring (bicyclic) bond motifs is 8. The van der Waals surface area contributed by atoms with Crippen molar-refractivity contribution in [1.82, 2.24) is 20.9 Å². The number of anilines is 4. The van der Waals surface area contributed by atoms with Gasteiger partial charge in [-0.3, -0.25) is 57.7 Å². The molecule has 5 aromatic rings. The summed E-state index contributed by atoms with van der Waals surface area (Å²) in [5.41, 5.74) is 7.07. The van der Waals surface area contributed by atoms with Crippen LogP contribution in [0.25, 0.3) is 0 Å². The molecule has 0 saturated carbocycles. The Hall–Kier alpha value is -9.36. The number of benzene rings is 5. The number of carbonyl (C=O) groups excluding carboxylic acids is 8. The molecule has 444 valence electrons. The maximum absolute atomic E-state index is 14.1. The van der Waals surface area contributed by atoms with Crippen LogP contribution in [-0.2, 0) is 64.9 Å². The van der Waals surface area contributed by atoms with E-state index < -0.39 is 69.3 Å². The summed E-state index contributed by atoms with van der Waals surface area (Å²) < 4.78 is 56.4. The Morgan fingerprint density at radius 1 is 0.706 bits per heavy atom. The predicted molar refractivity (Wildman–Crippen MR) is 311 cm³/mol. The zero-order valence-corrected chi connectivity index (χ0v) is 47.8. The Balaban J connectivity index is 0.783. The summed E-state index contributed by atoms with van der Waals surface area (Å²) in [6.45, 7) is 2.90. The third-order valence-electron chi connectivity index (χ3n) is 15.4. The number of nitrogens with zero attached hydrogens (tertiary/aromatic N) is 4. The van der Waals surface area contributed by atoms with Crippen LogP contribution in [0.15, 0.2) is 96.0 Å². The van der Waals surface area contributed by atoms with Crippen LogP contribution < -0.4 is 55.3 Å². The number of hydrogen-bond donors (Lipinski definition) is 6. The minimum atomic E-state index is -4.75. The molecule has 6 N–H and O–H groups in total. The standard InChI is InChI=1S/C60H63N9O15S/c1-33(64-54(71)16-10-9-15-53(70)61-17-18-67-55(72)28-52(60(67)77)85(78,79)80)56(73)65-34(2)57(74)66-39-20-35(31-83-50-26-44-42(24-48(50)81-3)58(75)68-40(29-62-44)22-37-11-5-7-13-46(37)68)19-36(21-39)32-84-51-27-45-43(25-49(51)82-4)59(76)69-41(30-63-45)23-38-12-6-8-14-47(38)69/h5-8,11-14,19-21,24-27,29,33-34,40-41,52,63H,9-10,15-18,22-23,28,30-32H2,1-4H3,(H,61,70)(H,64,71)(H,65,73)(H,66,74)(H,78,79,80)/t33-,34-,40-,41-,52?/m0/s1. The van der Waals surface area contributed by atoms with E-state index in [-0.39, 0.29) is 75.9 Å². The molecule has 0 spiro atoms. The van der Waals surface area contributed by atoms with Gasteiger partial charge in [0, 0.05) is 74.3 Å². The van der Waals surface area contributed by atoms with Crippen LogP contribution in [0.1, 0.15) is 88.9 Å². The first-order valence-electron chi connectivity index (χ1n) is 27.7. The van der Waals surface area contributed by atoms with Crippen molar-refractivity contribution in [1.29, 1.82) is 0 Å². The lowest BCUT2D eigenvalue weighted by Crippen LogP contribution is -2.50. The van der Waals surface area contributed by atoms with Gasteiger partial charge in [0.05, 0.1) is 55.2 Å². The van der Waals surface area contributed by atoms with Gasteiger partial charge in [0.2, 0.25) is 29.5 Å². The number of methoxy groups -OCH3 is 2. The number of hydrogen-bond acceptors (Lipinski definition) is 16. The van der Waals surface area contributed by atoms with E-state index in [9.17, 15) is 51.3 Å². The van der Waals surface area contributed by atoms with Gasteiger partial charge in [0.25, 0.3) is 27.8 Å². The molecule has 1 fully saturated rings. The maximum Gasteiger partial charge on any atom is 0.277 e. The normalized spacial score (nSPS) is 18.0. The van der Waals surface area contributed by atoms with Crippen LogP contribution in [0.5, 0.6) is 23.0 Å². The topological polar surface area (TPSA) is 310 Å². The van der Waals surface area contributed by atoms with E-state index >= 15 is 0 Å². The summed E-state index contributed by atoms with van der Waals surface area (Å²) in [6, 6.07) is 25.0. The first kappa shape index (κ1) is 58.8. The Morgan fingerprint density at radius 3 is 1.96 bits per heavy atom. The molecule has 5 aliphatic rings. The summed E-state index contributed by atoms with van der Waals surface area (Å²) in [7, 11) is -1.79. The fourth-order valence-electron chi connectivity index (χ4n) is 11.0. The molecule has 0 radical (unpaired) electrons. The summed E-state index contributed by atoms with van der Waals surface area (Å²) >= 11 is 0. The molecule has 24 nitrogen and oxygen atoms in total. The SMILES string of the molecule is COc1cc2c(cc1OCc1cc(COc3cc4c(cc3OC)C(=O)N3c5ccccc5C[C@H]3CN4)cc(NC(=O)[C@H](C)NC(=O)[C@H](C)NC(=O)CCCCC(=O)NCCN3C(=O)CC(S(=O)(=O)O)C3=O)c1)N=C[C@@H]1Cc3ccccc3N1C2=O. The molecular weight excluding hydrogens is 1120 g/mol. The number of carbonyl (C=O) groups is 8. The van der Waals surface area contributed by atoms with Crippen molar-refractivity contribution >= 4 is 92.0 Å². The number of rotatable bonds is 22. The number of aliphatic imine (C=N–C) groups is 1. The largest absolute Gasteiger partial charge is 0.493 e. The molecule has 5 aromatic carbocycles. The number of ether oxygens (including phenoxy) is 4. The Morgan fingerprint density at radius 2 is 1.31 bits per heavy atom. The summed E-state index contributed by atoms with van der Waals surface area (Å²) in [5.74, 6) is -3.15. The van der Waals surface area contributed by atoms with Gasteiger partial charge in [-0.1, -0.05) is 36.4 Å². The van der Waals surface area contributed by atoms with Gasteiger partial charge >= 0.3 is 0 Å². The highest BCUT2D eigenvalue weighted by Crippen LogP contribution is 2.43. The highest BCUT2D eigenvalue weighted by atomic mass is 32.2.